The largest absolute Gasteiger partial charge is 0.456 e. The smallest absolute Gasteiger partial charge is 0.308 e. The molecule has 28 heavy (non-hydrogen) atoms. The van der Waals surface area contributed by atoms with E-state index in [-0.39, 0.29) is 31.2 Å². The average molecular weight is 402 g/mol. The number of nitrogens with zero attached hydrogens (tertiary/aromatic N) is 1. The molecule has 0 radical (unpaired) electrons. The molecule has 2 aromatic rings. The number of carbonyl (C=O) groups excluding carboxylic acids is 3. The van der Waals surface area contributed by atoms with Crippen LogP contribution in [0.15, 0.2) is 53.4 Å². The Kier molecular flexibility index (Phi) is 6.65. The number of fused-ring (bicyclic) bond motifs is 1. The van der Waals surface area contributed by atoms with Gasteiger partial charge in [0.05, 0.1) is 17.9 Å². The van der Waals surface area contributed by atoms with Crippen LogP contribution in [0.4, 0.5) is 10.1 Å². The molecule has 0 aliphatic carbocycles. The van der Waals surface area contributed by atoms with E-state index >= 15 is 0 Å². The van der Waals surface area contributed by atoms with Gasteiger partial charge in [-0.05, 0) is 29.8 Å². The second-order valence-corrected chi connectivity index (χ2v) is 7.13. The van der Waals surface area contributed by atoms with Gasteiger partial charge in [0.15, 0.2) is 6.61 Å². The van der Waals surface area contributed by atoms with Crippen molar-refractivity contribution in [1.29, 1.82) is 0 Å². The minimum Gasteiger partial charge on any atom is -0.456 e. The summed E-state index contributed by atoms with van der Waals surface area (Å²) < 4.78 is 17.8. The number of nitrogens with one attached hydrogen (secondary N) is 1. The first kappa shape index (κ1) is 19.9. The molecule has 2 amide bonds. The Bertz CT molecular complexity index is 873. The number of amides is 2. The Morgan fingerprint density at radius 1 is 1.14 bits per heavy atom. The molecule has 0 fully saturated rings. The van der Waals surface area contributed by atoms with Crippen LogP contribution in [0.3, 0.4) is 0 Å². The summed E-state index contributed by atoms with van der Waals surface area (Å²) in [5, 5.41) is 2.59. The van der Waals surface area contributed by atoms with E-state index in [4.69, 9.17) is 4.74 Å². The molecule has 0 saturated heterocycles. The zero-order valence-corrected chi connectivity index (χ0v) is 15.8. The Morgan fingerprint density at radius 3 is 2.68 bits per heavy atom. The molecule has 0 saturated carbocycles. The van der Waals surface area contributed by atoms with Gasteiger partial charge in [0.1, 0.15) is 5.82 Å². The monoisotopic (exact) mass is 402 g/mol. The van der Waals surface area contributed by atoms with E-state index in [1.54, 1.807) is 17.0 Å². The normalized spacial score (nSPS) is 13.0. The maximum Gasteiger partial charge on any atom is 0.308 e. The van der Waals surface area contributed by atoms with Crippen molar-refractivity contribution < 1.29 is 23.5 Å². The van der Waals surface area contributed by atoms with Gasteiger partial charge >= 0.3 is 5.97 Å². The van der Waals surface area contributed by atoms with Crippen LogP contribution >= 0.6 is 11.8 Å². The zero-order chi connectivity index (χ0) is 19.9. The number of para-hydroxylation sites is 1. The van der Waals surface area contributed by atoms with Crippen LogP contribution in [-0.2, 0) is 25.7 Å². The fourth-order valence-corrected chi connectivity index (χ4v) is 3.61. The van der Waals surface area contributed by atoms with Crippen molar-refractivity contribution in [3.05, 3.63) is 59.9 Å². The maximum atomic E-state index is 12.8. The van der Waals surface area contributed by atoms with Crippen molar-refractivity contribution in [3.8, 4) is 0 Å². The molecule has 0 unspecified atom stereocenters. The summed E-state index contributed by atoms with van der Waals surface area (Å²) in [6.45, 7) is 0.0141. The molecule has 146 valence electrons. The third kappa shape index (κ3) is 5.32. The highest BCUT2D eigenvalue weighted by Gasteiger charge is 2.24. The summed E-state index contributed by atoms with van der Waals surface area (Å²) in [5.74, 6) is -1.09. The summed E-state index contributed by atoms with van der Waals surface area (Å²) in [7, 11) is 0. The highest BCUT2D eigenvalue weighted by Crippen LogP contribution is 2.34. The Labute approximate surface area is 166 Å². The molecule has 1 N–H and O–H groups in total. The van der Waals surface area contributed by atoms with E-state index in [0.717, 1.165) is 16.1 Å². The molecule has 1 aliphatic heterocycles. The summed E-state index contributed by atoms with van der Waals surface area (Å²) in [4.78, 5) is 38.4. The quantitative estimate of drug-likeness (QED) is 0.721. The average Bonchev–Trinajstić information content (AvgIpc) is 2.71. The predicted molar refractivity (Wildman–Crippen MR) is 103 cm³/mol. The molecule has 0 atom stereocenters. The van der Waals surface area contributed by atoms with Gasteiger partial charge in [-0.1, -0.05) is 24.3 Å². The van der Waals surface area contributed by atoms with Crippen molar-refractivity contribution in [3.63, 3.8) is 0 Å². The third-order valence-corrected chi connectivity index (χ3v) is 5.16. The number of hydrogen-bond acceptors (Lipinski definition) is 5. The second kappa shape index (κ2) is 9.36. The first-order chi connectivity index (χ1) is 13.5. The van der Waals surface area contributed by atoms with E-state index in [9.17, 15) is 18.8 Å². The van der Waals surface area contributed by atoms with Crippen LogP contribution in [0, 0.1) is 5.82 Å². The van der Waals surface area contributed by atoms with Crippen LogP contribution in [0.2, 0.25) is 0 Å². The minimum atomic E-state index is -0.555. The molecular formula is C20H19FN2O4S. The van der Waals surface area contributed by atoms with Crippen molar-refractivity contribution in [2.75, 3.05) is 23.8 Å². The number of esters is 1. The molecule has 1 aliphatic rings. The number of ether oxygens (including phenoxy) is 1. The lowest BCUT2D eigenvalue weighted by Crippen LogP contribution is -2.37. The van der Waals surface area contributed by atoms with Crippen LogP contribution in [0.1, 0.15) is 12.0 Å². The van der Waals surface area contributed by atoms with Gasteiger partial charge in [-0.3, -0.25) is 14.4 Å². The van der Waals surface area contributed by atoms with Gasteiger partial charge in [-0.2, -0.15) is 0 Å². The lowest BCUT2D eigenvalue weighted by Gasteiger charge is -2.28. The summed E-state index contributed by atoms with van der Waals surface area (Å²) in [5.41, 5.74) is 1.52. The second-order valence-electron chi connectivity index (χ2n) is 6.12. The van der Waals surface area contributed by atoms with Gasteiger partial charge < -0.3 is 15.0 Å². The fourth-order valence-electron chi connectivity index (χ4n) is 2.67. The van der Waals surface area contributed by atoms with Gasteiger partial charge in [0.25, 0.3) is 5.91 Å². The van der Waals surface area contributed by atoms with Crippen LogP contribution in [0.25, 0.3) is 0 Å². The highest BCUT2D eigenvalue weighted by molar-refractivity contribution is 8.00. The Morgan fingerprint density at radius 2 is 1.89 bits per heavy atom. The zero-order valence-electron chi connectivity index (χ0n) is 15.0. The molecule has 1 heterocycles. The maximum absolute atomic E-state index is 12.8. The third-order valence-electron chi connectivity index (χ3n) is 4.11. The first-order valence-corrected chi connectivity index (χ1v) is 9.70. The standard InChI is InChI=1S/C20H19FN2O4S/c21-15-7-5-14(6-8-15)11-22-18(24)12-27-20(26)9-10-23-16-3-1-2-4-17(16)28-13-19(23)25/h1-8H,9-13H2,(H,22,24). The van der Waals surface area contributed by atoms with E-state index < -0.39 is 18.5 Å². The van der Waals surface area contributed by atoms with Crippen molar-refractivity contribution in [2.24, 2.45) is 0 Å². The van der Waals surface area contributed by atoms with E-state index in [1.165, 1.54) is 23.9 Å². The lowest BCUT2D eigenvalue weighted by molar-refractivity contribution is -0.148. The number of hydrogen-bond donors (Lipinski definition) is 1. The first-order valence-electron chi connectivity index (χ1n) is 8.72. The van der Waals surface area contributed by atoms with E-state index in [2.05, 4.69) is 5.32 Å². The number of benzene rings is 2. The predicted octanol–water partition coefficient (Wildman–Crippen LogP) is 2.51. The van der Waals surface area contributed by atoms with Crippen molar-refractivity contribution in [1.82, 2.24) is 5.32 Å². The number of carbonyl (C=O) groups is 3. The van der Waals surface area contributed by atoms with Crippen LogP contribution in [-0.4, -0.2) is 36.7 Å². The molecular weight excluding hydrogens is 383 g/mol. The van der Waals surface area contributed by atoms with E-state index in [1.807, 2.05) is 24.3 Å². The van der Waals surface area contributed by atoms with Gasteiger partial charge in [0, 0.05) is 18.0 Å². The van der Waals surface area contributed by atoms with Crippen LogP contribution in [0.5, 0.6) is 0 Å². The SMILES string of the molecule is O=C(COC(=O)CCN1C(=O)CSc2ccccc21)NCc1ccc(F)cc1. The summed E-state index contributed by atoms with van der Waals surface area (Å²) >= 11 is 1.47. The minimum absolute atomic E-state index is 0.00399. The Balaban J connectivity index is 1.41. The summed E-state index contributed by atoms with van der Waals surface area (Å²) in [6, 6.07) is 13.3. The molecule has 0 spiro atoms. The molecule has 3 rings (SSSR count). The number of thioether (sulfide) groups is 1. The highest BCUT2D eigenvalue weighted by atomic mass is 32.2. The molecule has 2 aromatic carbocycles. The number of halogens is 1. The number of rotatable bonds is 7. The van der Waals surface area contributed by atoms with Crippen LogP contribution < -0.4 is 10.2 Å². The summed E-state index contributed by atoms with van der Waals surface area (Å²) in [6.07, 6.45) is -0.00399. The number of anilines is 1. The Hall–Kier alpha value is -2.87. The molecule has 6 nitrogen and oxygen atoms in total. The van der Waals surface area contributed by atoms with Gasteiger partial charge in [-0.25, -0.2) is 4.39 Å². The topological polar surface area (TPSA) is 75.7 Å². The molecule has 0 bridgehead atoms. The fraction of sp³-hybridized carbons (Fsp3) is 0.250. The van der Waals surface area contributed by atoms with Gasteiger partial charge in [0.2, 0.25) is 5.91 Å². The van der Waals surface area contributed by atoms with Crippen molar-refractivity contribution in [2.45, 2.75) is 17.9 Å². The van der Waals surface area contributed by atoms with E-state index in [0.29, 0.717) is 5.75 Å². The molecule has 8 heteroatoms. The molecule has 0 aromatic heterocycles. The van der Waals surface area contributed by atoms with Crippen molar-refractivity contribution >= 4 is 35.2 Å². The lowest BCUT2D eigenvalue weighted by atomic mass is 10.2. The van der Waals surface area contributed by atoms with Gasteiger partial charge in [-0.15, -0.1) is 11.8 Å².